The normalized spacial score (nSPS) is 27.1. The van der Waals surface area contributed by atoms with E-state index in [0.29, 0.717) is 11.8 Å². The molecule has 4 heteroatoms. The molecule has 2 fully saturated rings. The maximum Gasteiger partial charge on any atom is 0.244 e. The quantitative estimate of drug-likeness (QED) is 0.819. The summed E-state index contributed by atoms with van der Waals surface area (Å²) in [5.74, 6) is 0.816. The van der Waals surface area contributed by atoms with Gasteiger partial charge in [0.1, 0.15) is 0 Å². The summed E-state index contributed by atoms with van der Waals surface area (Å²) >= 11 is 0. The maximum absolute atomic E-state index is 12.7. The largest absolute Gasteiger partial charge is 0.324 e. The van der Waals surface area contributed by atoms with Gasteiger partial charge in [0, 0.05) is 13.1 Å². The fraction of sp³-hybridized carbons (Fsp3) is 0.929. The second-order valence-electron chi connectivity index (χ2n) is 6.42. The highest BCUT2D eigenvalue weighted by Gasteiger charge is 2.52. The molecule has 1 saturated heterocycles. The molecule has 1 aliphatic heterocycles. The molecule has 0 bridgehead atoms. The standard InChI is InChI=1S/C14H27N3O/c1-11(2)12-15-14(7-5-6-8-14)13(18)17(12)10-9-16(3)4/h11-12,15H,5-10H2,1-4H3. The van der Waals surface area contributed by atoms with Crippen molar-refractivity contribution in [3.63, 3.8) is 0 Å². The highest BCUT2D eigenvalue weighted by atomic mass is 16.2. The molecule has 1 aliphatic carbocycles. The first-order chi connectivity index (χ1) is 8.46. The number of hydrogen-bond donors (Lipinski definition) is 1. The van der Waals surface area contributed by atoms with Crippen LogP contribution in [0, 0.1) is 5.92 Å². The summed E-state index contributed by atoms with van der Waals surface area (Å²) in [6.07, 6.45) is 4.63. The minimum Gasteiger partial charge on any atom is -0.324 e. The van der Waals surface area contributed by atoms with E-state index < -0.39 is 0 Å². The number of likely N-dealkylation sites (N-methyl/N-ethyl adjacent to an activating group) is 1. The minimum atomic E-state index is -0.221. The van der Waals surface area contributed by atoms with Crippen molar-refractivity contribution in [2.24, 2.45) is 5.92 Å². The lowest BCUT2D eigenvalue weighted by molar-refractivity contribution is -0.133. The number of nitrogens with one attached hydrogen (secondary N) is 1. The van der Waals surface area contributed by atoms with Gasteiger partial charge in [-0.25, -0.2) is 0 Å². The first-order valence-corrected chi connectivity index (χ1v) is 7.20. The Morgan fingerprint density at radius 2 is 2.00 bits per heavy atom. The average molecular weight is 253 g/mol. The monoisotopic (exact) mass is 253 g/mol. The van der Waals surface area contributed by atoms with Crippen LogP contribution in [-0.4, -0.2) is 54.6 Å². The Morgan fingerprint density at radius 1 is 1.39 bits per heavy atom. The van der Waals surface area contributed by atoms with E-state index in [-0.39, 0.29) is 11.7 Å². The van der Waals surface area contributed by atoms with Crippen LogP contribution in [0.5, 0.6) is 0 Å². The molecule has 1 amide bonds. The molecule has 1 saturated carbocycles. The van der Waals surface area contributed by atoms with E-state index in [2.05, 4.69) is 43.1 Å². The van der Waals surface area contributed by atoms with Gasteiger partial charge >= 0.3 is 0 Å². The highest BCUT2D eigenvalue weighted by Crippen LogP contribution is 2.37. The number of nitrogens with zero attached hydrogens (tertiary/aromatic N) is 2. The van der Waals surface area contributed by atoms with Crippen LogP contribution in [0.4, 0.5) is 0 Å². The van der Waals surface area contributed by atoms with E-state index in [1.165, 1.54) is 12.8 Å². The van der Waals surface area contributed by atoms with E-state index in [1.807, 2.05) is 0 Å². The molecule has 0 aromatic carbocycles. The molecule has 0 radical (unpaired) electrons. The summed E-state index contributed by atoms with van der Waals surface area (Å²) in [5.41, 5.74) is -0.221. The van der Waals surface area contributed by atoms with Crippen molar-refractivity contribution in [3.8, 4) is 0 Å². The Hall–Kier alpha value is -0.610. The third-order valence-corrected chi connectivity index (χ3v) is 4.31. The lowest BCUT2D eigenvalue weighted by Gasteiger charge is -2.28. The predicted octanol–water partition coefficient (Wildman–Crippen LogP) is 1.27. The Morgan fingerprint density at radius 3 is 2.50 bits per heavy atom. The van der Waals surface area contributed by atoms with Crippen molar-refractivity contribution in [3.05, 3.63) is 0 Å². The van der Waals surface area contributed by atoms with Crippen LogP contribution in [0.25, 0.3) is 0 Å². The lowest BCUT2D eigenvalue weighted by atomic mass is 9.98. The zero-order valence-corrected chi connectivity index (χ0v) is 12.2. The molecule has 2 aliphatic rings. The van der Waals surface area contributed by atoms with Gasteiger partial charge in [-0.2, -0.15) is 0 Å². The van der Waals surface area contributed by atoms with E-state index in [1.54, 1.807) is 0 Å². The molecular weight excluding hydrogens is 226 g/mol. The zero-order chi connectivity index (χ0) is 13.3. The summed E-state index contributed by atoms with van der Waals surface area (Å²) in [7, 11) is 4.12. The van der Waals surface area contributed by atoms with Crippen molar-refractivity contribution < 1.29 is 4.79 Å². The molecule has 0 aromatic rings. The Kier molecular flexibility index (Phi) is 3.97. The third kappa shape index (κ3) is 2.41. The topological polar surface area (TPSA) is 35.6 Å². The minimum absolute atomic E-state index is 0.218. The van der Waals surface area contributed by atoms with Crippen molar-refractivity contribution in [2.45, 2.75) is 51.2 Å². The number of hydrogen-bond acceptors (Lipinski definition) is 3. The van der Waals surface area contributed by atoms with E-state index in [4.69, 9.17) is 0 Å². The first-order valence-electron chi connectivity index (χ1n) is 7.20. The van der Waals surface area contributed by atoms with Gasteiger partial charge in [0.05, 0.1) is 11.7 Å². The highest BCUT2D eigenvalue weighted by molar-refractivity contribution is 5.89. The van der Waals surface area contributed by atoms with Gasteiger partial charge in [-0.3, -0.25) is 10.1 Å². The molecule has 1 N–H and O–H groups in total. The maximum atomic E-state index is 12.7. The summed E-state index contributed by atoms with van der Waals surface area (Å²) in [6, 6.07) is 0. The molecule has 4 nitrogen and oxygen atoms in total. The van der Waals surface area contributed by atoms with Crippen LogP contribution in [0.1, 0.15) is 39.5 Å². The first kappa shape index (κ1) is 13.8. The van der Waals surface area contributed by atoms with Gasteiger partial charge in [0.25, 0.3) is 0 Å². The van der Waals surface area contributed by atoms with Gasteiger partial charge < -0.3 is 9.80 Å². The number of rotatable bonds is 4. The molecule has 1 atom stereocenters. The summed E-state index contributed by atoms with van der Waals surface area (Å²) in [5, 5.41) is 3.65. The average Bonchev–Trinajstić information content (AvgIpc) is 2.86. The molecule has 0 aromatic heterocycles. The van der Waals surface area contributed by atoms with E-state index in [9.17, 15) is 4.79 Å². The fourth-order valence-corrected chi connectivity index (χ4v) is 3.24. The van der Waals surface area contributed by atoms with Gasteiger partial charge in [-0.05, 0) is 32.9 Å². The fourth-order valence-electron chi connectivity index (χ4n) is 3.24. The Balaban J connectivity index is 2.11. The van der Waals surface area contributed by atoms with Crippen molar-refractivity contribution in [2.75, 3.05) is 27.2 Å². The second kappa shape index (κ2) is 5.17. The van der Waals surface area contributed by atoms with Crippen molar-refractivity contribution >= 4 is 5.91 Å². The van der Waals surface area contributed by atoms with Crippen LogP contribution in [0.2, 0.25) is 0 Å². The Bertz CT molecular complexity index is 308. The van der Waals surface area contributed by atoms with E-state index >= 15 is 0 Å². The third-order valence-electron chi connectivity index (χ3n) is 4.31. The van der Waals surface area contributed by atoms with Crippen molar-refractivity contribution in [1.29, 1.82) is 0 Å². The summed E-state index contributed by atoms with van der Waals surface area (Å²) < 4.78 is 0. The van der Waals surface area contributed by atoms with Gasteiger partial charge in [-0.15, -0.1) is 0 Å². The number of carbonyl (C=O) groups excluding carboxylic acids is 1. The van der Waals surface area contributed by atoms with Gasteiger partial charge in [-0.1, -0.05) is 26.7 Å². The molecule has 104 valence electrons. The molecule has 1 heterocycles. The van der Waals surface area contributed by atoms with Crippen LogP contribution in [-0.2, 0) is 4.79 Å². The summed E-state index contributed by atoms with van der Waals surface area (Å²) in [4.78, 5) is 16.9. The molecule has 1 spiro atoms. The molecule has 2 rings (SSSR count). The van der Waals surface area contributed by atoms with Crippen LogP contribution in [0.3, 0.4) is 0 Å². The smallest absolute Gasteiger partial charge is 0.244 e. The van der Waals surface area contributed by atoms with Crippen LogP contribution in [0.15, 0.2) is 0 Å². The molecule has 18 heavy (non-hydrogen) atoms. The van der Waals surface area contributed by atoms with Crippen LogP contribution < -0.4 is 5.32 Å². The molecular formula is C14H27N3O. The van der Waals surface area contributed by atoms with Gasteiger partial charge in [0.15, 0.2) is 0 Å². The lowest BCUT2D eigenvalue weighted by Crippen LogP contribution is -2.45. The zero-order valence-electron chi connectivity index (χ0n) is 12.2. The number of amides is 1. The molecule has 1 unspecified atom stereocenters. The van der Waals surface area contributed by atoms with Gasteiger partial charge in [0.2, 0.25) is 5.91 Å². The number of carbonyl (C=O) groups is 1. The summed E-state index contributed by atoms with van der Waals surface area (Å²) in [6.45, 7) is 6.17. The van der Waals surface area contributed by atoms with Crippen molar-refractivity contribution in [1.82, 2.24) is 15.1 Å². The Labute approximate surface area is 111 Å². The predicted molar refractivity (Wildman–Crippen MR) is 73.2 cm³/mol. The second-order valence-corrected chi connectivity index (χ2v) is 6.42. The SMILES string of the molecule is CC(C)C1NC2(CCCC2)C(=O)N1CCN(C)C. The van der Waals surface area contributed by atoms with Crippen LogP contribution >= 0.6 is 0 Å². The van der Waals surface area contributed by atoms with E-state index in [0.717, 1.165) is 25.9 Å².